The number of pyridine rings is 1. The number of nitrogens with zero attached hydrogens (tertiary/aromatic N) is 2. The highest BCUT2D eigenvalue weighted by molar-refractivity contribution is 5.99. The Labute approximate surface area is 139 Å². The average molecular weight is 325 g/mol. The highest BCUT2D eigenvalue weighted by Crippen LogP contribution is 2.28. The number of carbonyl (C=O) groups is 2. The van der Waals surface area contributed by atoms with E-state index < -0.39 is 11.9 Å². The van der Waals surface area contributed by atoms with Gasteiger partial charge >= 0.3 is 0 Å². The molecule has 1 atom stereocenters. The lowest BCUT2D eigenvalue weighted by molar-refractivity contribution is -0.121. The van der Waals surface area contributed by atoms with Crippen molar-refractivity contribution >= 4 is 22.8 Å². The molecule has 0 bridgehead atoms. The molecular weight excluding hydrogens is 306 g/mol. The van der Waals surface area contributed by atoms with Gasteiger partial charge in [0.05, 0.1) is 0 Å². The number of likely N-dealkylation sites (tertiary alicyclic amines) is 1. The number of H-pyrrole nitrogens is 2. The zero-order valence-electron chi connectivity index (χ0n) is 13.0. The molecule has 4 heterocycles. The number of primary amides is 1. The van der Waals surface area contributed by atoms with Crippen molar-refractivity contribution in [3.63, 3.8) is 0 Å². The zero-order valence-corrected chi connectivity index (χ0v) is 13.0. The maximum Gasteiger partial charge on any atom is 0.270 e. The molecule has 3 aromatic heterocycles. The van der Waals surface area contributed by atoms with E-state index in [9.17, 15) is 9.59 Å². The fourth-order valence-electron chi connectivity index (χ4n) is 3.35. The summed E-state index contributed by atoms with van der Waals surface area (Å²) in [5.41, 5.74) is 8.55. The zero-order chi connectivity index (χ0) is 16.7. The van der Waals surface area contributed by atoms with Crippen LogP contribution >= 0.6 is 0 Å². The number of hydrogen-bond acceptors (Lipinski definition) is 3. The van der Waals surface area contributed by atoms with Crippen LogP contribution in [0.4, 0.5) is 0 Å². The average Bonchev–Trinajstić information content (AvgIpc) is 3.31. The van der Waals surface area contributed by atoms with Crippen molar-refractivity contribution in [1.29, 1.82) is 0 Å². The van der Waals surface area contributed by atoms with E-state index in [1.807, 2.05) is 18.3 Å². The van der Waals surface area contributed by atoms with Gasteiger partial charge in [-0.05, 0) is 36.6 Å². The van der Waals surface area contributed by atoms with Gasteiger partial charge in [-0.15, -0.1) is 0 Å². The summed E-state index contributed by atoms with van der Waals surface area (Å²) in [6, 6.07) is 5.16. The molecule has 0 spiro atoms. The van der Waals surface area contributed by atoms with Crippen LogP contribution in [0.25, 0.3) is 22.2 Å². The van der Waals surface area contributed by atoms with Crippen molar-refractivity contribution in [2.24, 2.45) is 5.73 Å². The van der Waals surface area contributed by atoms with Crippen molar-refractivity contribution in [2.75, 3.05) is 6.54 Å². The van der Waals surface area contributed by atoms with Gasteiger partial charge in [-0.2, -0.15) is 0 Å². The second-order valence-corrected chi connectivity index (χ2v) is 5.96. The van der Waals surface area contributed by atoms with E-state index in [-0.39, 0.29) is 7.33 Å². The molecule has 7 heteroatoms. The van der Waals surface area contributed by atoms with Gasteiger partial charge in [-0.1, -0.05) is 0 Å². The van der Waals surface area contributed by atoms with Gasteiger partial charge in [-0.25, -0.2) is 4.98 Å². The molecule has 4 N–H and O–H groups in total. The second kappa shape index (κ2) is 5.52. The summed E-state index contributed by atoms with van der Waals surface area (Å²) < 4.78 is 0. The molecule has 0 radical (unpaired) electrons. The highest BCUT2D eigenvalue weighted by Gasteiger charge is 2.33. The first-order valence-electron chi connectivity index (χ1n) is 7.86. The van der Waals surface area contributed by atoms with Crippen LogP contribution in [-0.4, -0.2) is 44.3 Å². The van der Waals surface area contributed by atoms with Crippen molar-refractivity contribution in [2.45, 2.75) is 18.9 Å². The van der Waals surface area contributed by atoms with Crippen LogP contribution in [-0.2, 0) is 4.79 Å². The lowest BCUT2D eigenvalue weighted by Crippen LogP contribution is -2.43. The third-order valence-electron chi connectivity index (χ3n) is 4.53. The molecule has 1 aliphatic rings. The maximum atomic E-state index is 12.7. The van der Waals surface area contributed by atoms with E-state index >= 15 is 0 Å². The first kappa shape index (κ1) is 14.5. The Kier molecular flexibility index (Phi) is 3.34. The van der Waals surface area contributed by atoms with Crippen molar-refractivity contribution in [1.82, 2.24) is 19.9 Å². The van der Waals surface area contributed by atoms with Crippen LogP contribution in [0.15, 0.2) is 36.8 Å². The quantitative estimate of drug-likeness (QED) is 0.684. The predicted molar refractivity (Wildman–Crippen MR) is 91.2 cm³/mol. The Morgan fingerprint density at radius 3 is 3.04 bits per heavy atom. The first-order valence-corrected chi connectivity index (χ1v) is 7.86. The van der Waals surface area contributed by atoms with Crippen molar-refractivity contribution in [3.05, 3.63) is 42.5 Å². The molecule has 1 aliphatic heterocycles. The van der Waals surface area contributed by atoms with Crippen LogP contribution in [0, 0.1) is 0 Å². The van der Waals surface area contributed by atoms with E-state index in [1.54, 1.807) is 23.4 Å². The topological polar surface area (TPSA) is 108 Å². The number of nitrogens with two attached hydrogens (primary N) is 1. The smallest absolute Gasteiger partial charge is 0.270 e. The molecular formula is C17H19N5O2. The second-order valence-electron chi connectivity index (χ2n) is 5.96. The standard InChI is InChI=1S/C17H17N5O2.H2/c18-15(23)14-2-1-7-22(14)17(24)13-8-10(9-21-13)11-3-5-19-16-12(11)4-6-20-16;/h3-6,8-9,14,21H,1-2,7H2,(H2,18,23)(H,19,20);1H. The van der Waals surface area contributed by atoms with Crippen molar-refractivity contribution < 1.29 is 11.0 Å². The van der Waals surface area contributed by atoms with Crippen LogP contribution in [0.1, 0.15) is 24.8 Å². The number of amides is 2. The summed E-state index contributed by atoms with van der Waals surface area (Å²) in [7, 11) is 0. The van der Waals surface area contributed by atoms with E-state index in [0.717, 1.165) is 28.6 Å². The molecule has 0 saturated carbocycles. The number of aromatic amines is 2. The number of hydrogen-bond donors (Lipinski definition) is 3. The molecule has 2 amide bonds. The van der Waals surface area contributed by atoms with E-state index in [2.05, 4.69) is 15.0 Å². The van der Waals surface area contributed by atoms with E-state index in [4.69, 9.17) is 5.73 Å². The van der Waals surface area contributed by atoms with Gasteiger partial charge in [0.25, 0.3) is 5.91 Å². The Bertz CT molecular complexity index is 932. The van der Waals surface area contributed by atoms with Gasteiger partial charge in [0.2, 0.25) is 5.91 Å². The summed E-state index contributed by atoms with van der Waals surface area (Å²) in [6.45, 7) is 0.554. The van der Waals surface area contributed by atoms with Crippen LogP contribution in [0.3, 0.4) is 0 Å². The Morgan fingerprint density at radius 1 is 1.33 bits per heavy atom. The lowest BCUT2D eigenvalue weighted by atomic mass is 10.1. The fourth-order valence-corrected chi connectivity index (χ4v) is 3.35. The minimum absolute atomic E-state index is 0. The van der Waals surface area contributed by atoms with Gasteiger partial charge < -0.3 is 20.6 Å². The van der Waals surface area contributed by atoms with Crippen LogP contribution in [0.5, 0.6) is 0 Å². The number of rotatable bonds is 3. The summed E-state index contributed by atoms with van der Waals surface area (Å²) in [5.74, 6) is -0.641. The third-order valence-corrected chi connectivity index (χ3v) is 4.53. The molecule has 124 valence electrons. The monoisotopic (exact) mass is 325 g/mol. The number of carbonyl (C=O) groups excluding carboxylic acids is 2. The summed E-state index contributed by atoms with van der Waals surface area (Å²) in [4.78, 5) is 36.1. The first-order chi connectivity index (χ1) is 11.6. The van der Waals surface area contributed by atoms with Crippen molar-refractivity contribution in [3.8, 4) is 11.1 Å². The Hall–Kier alpha value is -3.09. The number of aromatic nitrogens is 3. The molecule has 1 unspecified atom stereocenters. The Balaban J connectivity index is 0.00000182. The minimum Gasteiger partial charge on any atom is -0.368 e. The molecule has 1 fully saturated rings. The van der Waals surface area contributed by atoms with Gasteiger partial charge in [0.1, 0.15) is 17.4 Å². The molecule has 0 aromatic carbocycles. The van der Waals surface area contributed by atoms with E-state index in [1.165, 1.54) is 0 Å². The maximum absolute atomic E-state index is 12.7. The largest absolute Gasteiger partial charge is 0.368 e. The molecule has 7 nitrogen and oxygen atoms in total. The summed E-state index contributed by atoms with van der Waals surface area (Å²) in [6.07, 6.45) is 6.78. The van der Waals surface area contributed by atoms with Crippen LogP contribution in [0.2, 0.25) is 0 Å². The normalized spacial score (nSPS) is 17.5. The summed E-state index contributed by atoms with van der Waals surface area (Å²) in [5, 5.41) is 0.992. The van der Waals surface area contributed by atoms with Crippen LogP contribution < -0.4 is 5.73 Å². The predicted octanol–water partition coefficient (Wildman–Crippen LogP) is 1.89. The SMILES string of the molecule is NC(=O)C1CCCN1C(=O)c1cc(-c2ccnc3[nH]ccc23)c[nH]1.[HH]. The number of nitrogens with one attached hydrogen (secondary N) is 2. The molecule has 1 saturated heterocycles. The van der Waals surface area contributed by atoms with E-state index in [0.29, 0.717) is 18.7 Å². The Morgan fingerprint density at radius 2 is 2.21 bits per heavy atom. The fraction of sp³-hybridized carbons (Fsp3) is 0.235. The third kappa shape index (κ3) is 2.25. The number of fused-ring (bicyclic) bond motifs is 1. The minimum atomic E-state index is -0.512. The molecule has 0 aliphatic carbocycles. The van der Waals surface area contributed by atoms with Gasteiger partial charge in [0, 0.05) is 37.5 Å². The van der Waals surface area contributed by atoms with Gasteiger partial charge in [0.15, 0.2) is 0 Å². The highest BCUT2D eigenvalue weighted by atomic mass is 16.2. The van der Waals surface area contributed by atoms with Gasteiger partial charge in [-0.3, -0.25) is 9.59 Å². The lowest BCUT2D eigenvalue weighted by Gasteiger charge is -2.21. The summed E-state index contributed by atoms with van der Waals surface area (Å²) >= 11 is 0. The molecule has 24 heavy (non-hydrogen) atoms. The molecule has 4 rings (SSSR count). The molecule has 3 aromatic rings.